The molecule has 2 amide bonds. The summed E-state index contributed by atoms with van der Waals surface area (Å²) >= 11 is 0. The molecule has 1 aromatic heterocycles. The quantitative estimate of drug-likeness (QED) is 0.0674. The number of amides is 2. The Morgan fingerprint density at radius 1 is 0.909 bits per heavy atom. The number of phosphoric ester groups is 1. The van der Waals surface area contributed by atoms with Crippen molar-refractivity contribution >= 4 is 25.8 Å². The Kier molecular flexibility index (Phi) is 12.7. The van der Waals surface area contributed by atoms with Gasteiger partial charge in [0.25, 0.3) is 11.8 Å². The number of rotatable bonds is 16. The van der Waals surface area contributed by atoms with Gasteiger partial charge in [-0.05, 0) is 24.1 Å². The van der Waals surface area contributed by atoms with E-state index in [0.717, 1.165) is 18.3 Å². The van der Waals surface area contributed by atoms with Crippen molar-refractivity contribution in [3.8, 4) is 5.75 Å². The monoisotopic (exact) mass is 783 g/mol. The minimum atomic E-state index is -4.15. The highest BCUT2D eigenvalue weighted by molar-refractivity contribution is 7.48. The zero-order valence-corrected chi connectivity index (χ0v) is 30.3. The Balaban J connectivity index is 1.08. The third-order valence-electron chi connectivity index (χ3n) is 8.44. The standard InChI is InChI=1S/C37H36F2N3O12P/c1-24-20-49-31-19-41-18-29(35(44)40-17-27-12-13-28(38)16-30(27)39)33(43)34(32(41)36(45)42(24)31)50-23-51-37(46)48-14-15-52-55(47,53-21-25-8-4-2-5-9-25)54-22-26-10-6-3-7-11-26/h2-13,16,18,24,31H,14-15,17,19-23H2,1H3,(H,40,44)/t24-,31+/m0/s1. The van der Waals surface area contributed by atoms with Crippen LogP contribution in [0.15, 0.2) is 89.9 Å². The van der Waals surface area contributed by atoms with E-state index in [0.29, 0.717) is 17.2 Å². The summed E-state index contributed by atoms with van der Waals surface area (Å²) < 4.78 is 79.9. The van der Waals surface area contributed by atoms with Crippen LogP contribution in [0.1, 0.15) is 44.5 Å². The van der Waals surface area contributed by atoms with Gasteiger partial charge in [-0.3, -0.25) is 28.0 Å². The van der Waals surface area contributed by atoms with Crippen LogP contribution in [-0.2, 0) is 58.7 Å². The summed E-state index contributed by atoms with van der Waals surface area (Å²) in [6, 6.07) is 20.3. The fraction of sp³-hybridized carbons (Fsp3) is 0.297. The van der Waals surface area contributed by atoms with E-state index in [9.17, 15) is 32.5 Å². The fourth-order valence-corrected chi connectivity index (χ4v) is 6.85. The van der Waals surface area contributed by atoms with Crippen molar-refractivity contribution in [2.24, 2.45) is 0 Å². The van der Waals surface area contributed by atoms with Crippen LogP contribution in [-0.4, -0.2) is 66.3 Å². The molecule has 1 fully saturated rings. The summed E-state index contributed by atoms with van der Waals surface area (Å²) in [4.78, 5) is 54.3. The molecule has 18 heteroatoms. The van der Waals surface area contributed by atoms with Gasteiger partial charge in [-0.25, -0.2) is 18.1 Å². The predicted molar refractivity (Wildman–Crippen MR) is 188 cm³/mol. The van der Waals surface area contributed by atoms with E-state index in [1.54, 1.807) is 55.5 Å². The second-order valence-corrected chi connectivity index (χ2v) is 13.9. The molecule has 0 unspecified atom stereocenters. The van der Waals surface area contributed by atoms with Crippen LogP contribution in [0, 0.1) is 11.6 Å². The number of benzene rings is 3. The molecule has 4 aromatic rings. The number of aromatic nitrogens is 1. The summed E-state index contributed by atoms with van der Waals surface area (Å²) in [6.45, 7) is -0.328. The maximum absolute atomic E-state index is 14.2. The van der Waals surface area contributed by atoms with Gasteiger partial charge in [-0.2, -0.15) is 0 Å². The molecular formula is C37H36F2N3O12P. The molecule has 3 heterocycles. The average molecular weight is 784 g/mol. The molecule has 0 spiro atoms. The van der Waals surface area contributed by atoms with E-state index < -0.39 is 80.4 Å². The first-order chi connectivity index (χ1) is 26.5. The molecular weight excluding hydrogens is 747 g/mol. The number of hydrogen-bond donors (Lipinski definition) is 1. The lowest BCUT2D eigenvalue weighted by molar-refractivity contribution is -0.00686. The Labute approximate surface area is 313 Å². The first-order valence-corrected chi connectivity index (χ1v) is 18.4. The lowest BCUT2D eigenvalue weighted by Crippen LogP contribution is -2.49. The number of carbonyl (C=O) groups is 3. The number of nitrogens with one attached hydrogen (secondary N) is 1. The molecule has 290 valence electrons. The lowest BCUT2D eigenvalue weighted by Gasteiger charge is -2.34. The highest BCUT2D eigenvalue weighted by atomic mass is 31.2. The van der Waals surface area contributed by atoms with Crippen molar-refractivity contribution < 1.29 is 60.2 Å². The molecule has 55 heavy (non-hydrogen) atoms. The molecule has 0 aliphatic carbocycles. The minimum Gasteiger partial charge on any atom is -0.451 e. The van der Waals surface area contributed by atoms with Crippen LogP contribution >= 0.6 is 7.82 Å². The van der Waals surface area contributed by atoms with Gasteiger partial charge >= 0.3 is 14.0 Å². The Morgan fingerprint density at radius 3 is 2.24 bits per heavy atom. The molecule has 0 radical (unpaired) electrons. The van der Waals surface area contributed by atoms with E-state index in [2.05, 4.69) is 5.32 Å². The molecule has 2 aliphatic rings. The van der Waals surface area contributed by atoms with E-state index >= 15 is 0 Å². The van der Waals surface area contributed by atoms with Crippen molar-refractivity contribution in [3.05, 3.63) is 135 Å². The zero-order chi connectivity index (χ0) is 39.0. The van der Waals surface area contributed by atoms with Gasteiger partial charge in [0.05, 0.1) is 39.0 Å². The zero-order valence-electron chi connectivity index (χ0n) is 29.4. The van der Waals surface area contributed by atoms with Crippen molar-refractivity contribution in [2.75, 3.05) is 26.6 Å². The van der Waals surface area contributed by atoms with Gasteiger partial charge in [-0.1, -0.05) is 66.7 Å². The van der Waals surface area contributed by atoms with E-state index in [4.69, 9.17) is 32.5 Å². The van der Waals surface area contributed by atoms with E-state index in [1.807, 2.05) is 12.1 Å². The fourth-order valence-electron chi connectivity index (χ4n) is 5.71. The molecule has 0 saturated carbocycles. The summed E-state index contributed by atoms with van der Waals surface area (Å²) in [5.74, 6) is -3.86. The van der Waals surface area contributed by atoms with Gasteiger partial charge in [0.1, 0.15) is 23.8 Å². The van der Waals surface area contributed by atoms with Crippen LogP contribution in [0.3, 0.4) is 0 Å². The molecule has 1 N–H and O–H groups in total. The summed E-state index contributed by atoms with van der Waals surface area (Å²) in [7, 11) is -4.15. The molecule has 15 nitrogen and oxygen atoms in total. The van der Waals surface area contributed by atoms with Crippen molar-refractivity contribution in [2.45, 2.75) is 45.5 Å². The van der Waals surface area contributed by atoms with Gasteiger partial charge in [0.2, 0.25) is 18.0 Å². The number of fused-ring (bicyclic) bond motifs is 2. The average Bonchev–Trinajstić information content (AvgIpc) is 3.56. The van der Waals surface area contributed by atoms with Crippen molar-refractivity contribution in [1.29, 1.82) is 0 Å². The molecule has 0 bridgehead atoms. The largest absolute Gasteiger partial charge is 0.511 e. The molecule has 2 atom stereocenters. The number of halogens is 2. The van der Waals surface area contributed by atoms with E-state index in [1.165, 1.54) is 9.47 Å². The highest BCUT2D eigenvalue weighted by Gasteiger charge is 2.43. The van der Waals surface area contributed by atoms with Crippen LogP contribution < -0.4 is 15.5 Å². The number of ether oxygens (including phenoxy) is 4. The SMILES string of the molecule is C[C@H]1CO[C@@H]2Cn3cc(C(=O)NCc4ccc(F)cc4F)c(=O)c(OCOC(=O)OCCOP(=O)(OCc4ccccc4)OCc4ccccc4)c3C(=O)N12. The normalized spacial score (nSPS) is 16.3. The number of hydrogen-bond acceptors (Lipinski definition) is 12. The Bertz CT molecular complexity index is 2070. The van der Waals surface area contributed by atoms with Crippen LogP contribution in [0.25, 0.3) is 0 Å². The summed E-state index contributed by atoms with van der Waals surface area (Å²) in [6.07, 6.45) is -0.805. The van der Waals surface area contributed by atoms with Crippen LogP contribution in [0.2, 0.25) is 0 Å². The van der Waals surface area contributed by atoms with E-state index in [-0.39, 0.29) is 50.2 Å². The third kappa shape index (κ3) is 9.81. The number of pyridine rings is 1. The van der Waals surface area contributed by atoms with Crippen molar-refractivity contribution in [1.82, 2.24) is 14.8 Å². The lowest BCUT2D eigenvalue weighted by atomic mass is 10.1. The number of phosphoric acid groups is 1. The minimum absolute atomic E-state index is 0.0335. The topological polar surface area (TPSA) is 170 Å². The maximum atomic E-state index is 14.2. The third-order valence-corrected chi connectivity index (χ3v) is 9.83. The number of nitrogens with zero attached hydrogens (tertiary/aromatic N) is 2. The van der Waals surface area contributed by atoms with Gasteiger partial charge < -0.3 is 33.7 Å². The maximum Gasteiger partial charge on any atom is 0.511 e. The first kappa shape index (κ1) is 39.2. The summed E-state index contributed by atoms with van der Waals surface area (Å²) in [5.41, 5.74) is -0.315. The second kappa shape index (κ2) is 17.8. The molecule has 2 aliphatic heterocycles. The molecule has 1 saturated heterocycles. The highest BCUT2D eigenvalue weighted by Crippen LogP contribution is 2.50. The van der Waals surface area contributed by atoms with Gasteiger partial charge in [0.15, 0.2) is 11.9 Å². The number of carbonyl (C=O) groups excluding carboxylic acids is 3. The van der Waals surface area contributed by atoms with Gasteiger partial charge in [-0.15, -0.1) is 0 Å². The first-order valence-electron chi connectivity index (χ1n) is 17.0. The van der Waals surface area contributed by atoms with Crippen LogP contribution in [0.5, 0.6) is 5.75 Å². The second-order valence-electron chi connectivity index (χ2n) is 12.3. The Hall–Kier alpha value is -5.45. The van der Waals surface area contributed by atoms with Crippen LogP contribution in [0.4, 0.5) is 13.6 Å². The molecule has 3 aromatic carbocycles. The Morgan fingerprint density at radius 2 is 1.58 bits per heavy atom. The molecule has 6 rings (SSSR count). The summed E-state index contributed by atoms with van der Waals surface area (Å²) in [5, 5.41) is 2.41. The van der Waals surface area contributed by atoms with Crippen molar-refractivity contribution in [3.63, 3.8) is 0 Å². The van der Waals surface area contributed by atoms with Gasteiger partial charge in [0, 0.05) is 24.4 Å². The smallest absolute Gasteiger partial charge is 0.451 e. The predicted octanol–water partition coefficient (Wildman–Crippen LogP) is 5.30.